The van der Waals surface area contributed by atoms with Gasteiger partial charge >= 0.3 is 0 Å². The SMILES string of the molecule is CCNCc1ccnc(CN)c1. The minimum Gasteiger partial charge on any atom is -0.325 e. The van der Waals surface area contributed by atoms with Gasteiger partial charge in [0.1, 0.15) is 0 Å². The maximum atomic E-state index is 5.46. The van der Waals surface area contributed by atoms with Crippen LogP contribution in [0.5, 0.6) is 0 Å². The summed E-state index contributed by atoms with van der Waals surface area (Å²) in [5.74, 6) is 0. The fourth-order valence-corrected chi connectivity index (χ4v) is 1.02. The molecule has 3 nitrogen and oxygen atoms in total. The summed E-state index contributed by atoms with van der Waals surface area (Å²) in [6, 6.07) is 4.03. The predicted molar refractivity (Wildman–Crippen MR) is 49.5 cm³/mol. The molecule has 0 saturated heterocycles. The first-order valence-electron chi connectivity index (χ1n) is 4.21. The highest BCUT2D eigenvalue weighted by Crippen LogP contribution is 2.00. The summed E-state index contributed by atoms with van der Waals surface area (Å²) in [6.45, 7) is 4.48. The molecule has 3 heteroatoms. The fraction of sp³-hybridized carbons (Fsp3) is 0.444. The zero-order valence-electron chi connectivity index (χ0n) is 7.38. The van der Waals surface area contributed by atoms with Crippen molar-refractivity contribution in [2.45, 2.75) is 20.0 Å². The quantitative estimate of drug-likeness (QED) is 0.688. The summed E-state index contributed by atoms with van der Waals surface area (Å²) in [5, 5.41) is 3.25. The van der Waals surface area contributed by atoms with Crippen LogP contribution < -0.4 is 11.1 Å². The second-order valence-corrected chi connectivity index (χ2v) is 2.64. The van der Waals surface area contributed by atoms with E-state index in [2.05, 4.69) is 17.2 Å². The second-order valence-electron chi connectivity index (χ2n) is 2.64. The second kappa shape index (κ2) is 4.85. The van der Waals surface area contributed by atoms with Crippen molar-refractivity contribution in [2.24, 2.45) is 5.73 Å². The van der Waals surface area contributed by atoms with E-state index < -0.39 is 0 Å². The van der Waals surface area contributed by atoms with E-state index in [0.717, 1.165) is 18.8 Å². The van der Waals surface area contributed by atoms with Crippen molar-refractivity contribution >= 4 is 0 Å². The minimum absolute atomic E-state index is 0.514. The van der Waals surface area contributed by atoms with Crippen molar-refractivity contribution in [3.8, 4) is 0 Å². The first-order valence-corrected chi connectivity index (χ1v) is 4.21. The molecular formula is C9H15N3. The molecule has 1 rings (SSSR count). The van der Waals surface area contributed by atoms with Crippen LogP contribution in [0.15, 0.2) is 18.3 Å². The molecule has 0 bridgehead atoms. The van der Waals surface area contributed by atoms with Crippen molar-refractivity contribution in [2.75, 3.05) is 6.54 Å². The third-order valence-corrected chi connectivity index (χ3v) is 1.67. The van der Waals surface area contributed by atoms with Gasteiger partial charge in [0.25, 0.3) is 0 Å². The normalized spacial score (nSPS) is 10.2. The maximum absolute atomic E-state index is 5.46. The van der Waals surface area contributed by atoms with Crippen LogP contribution in [-0.2, 0) is 13.1 Å². The smallest absolute Gasteiger partial charge is 0.0542 e. The van der Waals surface area contributed by atoms with Gasteiger partial charge in [0.05, 0.1) is 5.69 Å². The molecule has 12 heavy (non-hydrogen) atoms. The van der Waals surface area contributed by atoms with Gasteiger partial charge in [0.2, 0.25) is 0 Å². The number of hydrogen-bond acceptors (Lipinski definition) is 3. The summed E-state index contributed by atoms with van der Waals surface area (Å²) in [5.41, 5.74) is 7.66. The van der Waals surface area contributed by atoms with Gasteiger partial charge in [-0.2, -0.15) is 0 Å². The molecular weight excluding hydrogens is 150 g/mol. The van der Waals surface area contributed by atoms with Crippen LogP contribution in [0.3, 0.4) is 0 Å². The van der Waals surface area contributed by atoms with Crippen LogP contribution in [0.2, 0.25) is 0 Å². The summed E-state index contributed by atoms with van der Waals surface area (Å²) in [4.78, 5) is 4.11. The average molecular weight is 165 g/mol. The van der Waals surface area contributed by atoms with Crippen LogP contribution in [0.1, 0.15) is 18.2 Å². The van der Waals surface area contributed by atoms with Crippen molar-refractivity contribution < 1.29 is 0 Å². The van der Waals surface area contributed by atoms with Crippen LogP contribution in [0.25, 0.3) is 0 Å². The first-order chi connectivity index (χ1) is 5.86. The highest BCUT2D eigenvalue weighted by atomic mass is 14.8. The van der Waals surface area contributed by atoms with E-state index >= 15 is 0 Å². The van der Waals surface area contributed by atoms with E-state index in [9.17, 15) is 0 Å². The van der Waals surface area contributed by atoms with Gasteiger partial charge < -0.3 is 11.1 Å². The van der Waals surface area contributed by atoms with Gasteiger partial charge in [-0.1, -0.05) is 6.92 Å². The zero-order chi connectivity index (χ0) is 8.81. The van der Waals surface area contributed by atoms with Crippen molar-refractivity contribution in [1.29, 1.82) is 0 Å². The largest absolute Gasteiger partial charge is 0.325 e. The van der Waals surface area contributed by atoms with Gasteiger partial charge in [0, 0.05) is 19.3 Å². The Balaban J connectivity index is 2.60. The van der Waals surface area contributed by atoms with Crippen molar-refractivity contribution in [1.82, 2.24) is 10.3 Å². The lowest BCUT2D eigenvalue weighted by Crippen LogP contribution is -2.12. The zero-order valence-corrected chi connectivity index (χ0v) is 7.38. The summed E-state index contributed by atoms with van der Waals surface area (Å²) in [6.07, 6.45) is 1.80. The maximum Gasteiger partial charge on any atom is 0.0542 e. The van der Waals surface area contributed by atoms with Gasteiger partial charge in [0.15, 0.2) is 0 Å². The lowest BCUT2D eigenvalue weighted by Gasteiger charge is -2.02. The Morgan fingerprint density at radius 1 is 1.58 bits per heavy atom. The number of nitrogens with zero attached hydrogens (tertiary/aromatic N) is 1. The standard InChI is InChI=1S/C9H15N3/c1-2-11-7-8-3-4-12-9(5-8)6-10/h3-5,11H,2,6-7,10H2,1H3. The molecule has 0 spiro atoms. The molecule has 0 radical (unpaired) electrons. The number of nitrogens with one attached hydrogen (secondary N) is 1. The summed E-state index contributed by atoms with van der Waals surface area (Å²) in [7, 11) is 0. The molecule has 1 aromatic heterocycles. The molecule has 66 valence electrons. The van der Waals surface area contributed by atoms with Crippen molar-refractivity contribution in [3.05, 3.63) is 29.6 Å². The number of aromatic nitrogens is 1. The van der Waals surface area contributed by atoms with Crippen LogP contribution in [0.4, 0.5) is 0 Å². The molecule has 0 aromatic carbocycles. The van der Waals surface area contributed by atoms with Gasteiger partial charge in [-0.15, -0.1) is 0 Å². The number of hydrogen-bond donors (Lipinski definition) is 2. The minimum atomic E-state index is 0.514. The van der Waals surface area contributed by atoms with Crippen LogP contribution in [0, 0.1) is 0 Å². The molecule has 3 N–H and O–H groups in total. The predicted octanol–water partition coefficient (Wildman–Crippen LogP) is 0.650. The van der Waals surface area contributed by atoms with E-state index in [-0.39, 0.29) is 0 Å². The van der Waals surface area contributed by atoms with E-state index in [1.54, 1.807) is 6.20 Å². The molecule has 0 fully saturated rings. The molecule has 0 saturated carbocycles. The van der Waals surface area contributed by atoms with E-state index in [1.165, 1.54) is 5.56 Å². The number of pyridine rings is 1. The van der Waals surface area contributed by atoms with Gasteiger partial charge in [-0.05, 0) is 24.2 Å². The topological polar surface area (TPSA) is 50.9 Å². The lowest BCUT2D eigenvalue weighted by atomic mass is 10.2. The monoisotopic (exact) mass is 165 g/mol. The Hall–Kier alpha value is -0.930. The van der Waals surface area contributed by atoms with Crippen LogP contribution in [-0.4, -0.2) is 11.5 Å². The molecule has 1 heterocycles. The Morgan fingerprint density at radius 2 is 2.42 bits per heavy atom. The third kappa shape index (κ3) is 2.60. The Morgan fingerprint density at radius 3 is 3.08 bits per heavy atom. The summed E-state index contributed by atoms with van der Waals surface area (Å²) < 4.78 is 0. The molecule has 0 aliphatic carbocycles. The van der Waals surface area contributed by atoms with Gasteiger partial charge in [-0.3, -0.25) is 4.98 Å². The van der Waals surface area contributed by atoms with E-state index in [0.29, 0.717) is 6.54 Å². The number of nitrogens with two attached hydrogens (primary N) is 1. The molecule has 0 aliphatic heterocycles. The molecule has 1 aromatic rings. The van der Waals surface area contributed by atoms with E-state index in [4.69, 9.17) is 5.73 Å². The fourth-order valence-electron chi connectivity index (χ4n) is 1.02. The van der Waals surface area contributed by atoms with Crippen molar-refractivity contribution in [3.63, 3.8) is 0 Å². The van der Waals surface area contributed by atoms with Crippen LogP contribution >= 0.6 is 0 Å². The Labute approximate surface area is 73.0 Å². The molecule has 0 atom stereocenters. The highest BCUT2D eigenvalue weighted by Gasteiger charge is 1.93. The lowest BCUT2D eigenvalue weighted by molar-refractivity contribution is 0.724. The van der Waals surface area contributed by atoms with E-state index in [1.807, 2.05) is 12.1 Å². The summed E-state index contributed by atoms with van der Waals surface area (Å²) >= 11 is 0. The highest BCUT2D eigenvalue weighted by molar-refractivity contribution is 5.15. The molecule has 0 aliphatic rings. The molecule has 0 unspecified atom stereocenters. The number of rotatable bonds is 4. The molecule has 0 amide bonds. The Bertz CT molecular complexity index is 235. The first kappa shape index (κ1) is 9.16. The van der Waals surface area contributed by atoms with Gasteiger partial charge in [-0.25, -0.2) is 0 Å². The third-order valence-electron chi connectivity index (χ3n) is 1.67. The Kier molecular flexibility index (Phi) is 3.70. The average Bonchev–Trinajstić information content (AvgIpc) is 2.15.